The second-order valence-electron chi connectivity index (χ2n) is 8.30. The van der Waals surface area contributed by atoms with Gasteiger partial charge in [-0.2, -0.15) is 0 Å². The molecule has 0 aliphatic carbocycles. The number of aromatic carboxylic acids is 1. The molecule has 7 nitrogen and oxygen atoms in total. The molecule has 1 aliphatic heterocycles. The maximum Gasteiger partial charge on any atom is 0.270 e. The number of benzene rings is 2. The fourth-order valence-electron chi connectivity index (χ4n) is 4.20. The third-order valence-electron chi connectivity index (χ3n) is 5.70. The van der Waals surface area contributed by atoms with E-state index in [4.69, 9.17) is 12.2 Å². The van der Waals surface area contributed by atoms with Crippen molar-refractivity contribution in [3.63, 3.8) is 0 Å². The van der Waals surface area contributed by atoms with Crippen LogP contribution in [0.2, 0.25) is 0 Å². The molecule has 2 heterocycles. The van der Waals surface area contributed by atoms with E-state index < -0.39 is 17.8 Å². The molecule has 2 amide bonds. The monoisotopic (exact) mass is 472 g/mol. The van der Waals surface area contributed by atoms with Crippen LogP contribution in [0.3, 0.4) is 0 Å². The molecular formula is C26H22N3O4S-. The molecule has 0 radical (unpaired) electrons. The number of hydrogen-bond acceptors (Lipinski definition) is 5. The molecule has 1 saturated heterocycles. The van der Waals surface area contributed by atoms with Crippen molar-refractivity contribution in [2.45, 2.75) is 27.7 Å². The first-order chi connectivity index (χ1) is 16.1. The minimum atomic E-state index is -1.24. The standard InChI is InChI=1S/C26H23N3O4S/c1-14-9-15(2)11-21(10-14)29-24(31)22(23(30)27-26(29)34)13-19-12-16(3)28(17(19)4)20-7-5-18(6-8-20)25(32)33/h5-13H,1-4H3,(H,32,33)(H,27,30,34)/p-1/b22-13-. The summed E-state index contributed by atoms with van der Waals surface area (Å²) < 4.78 is 1.92. The Bertz CT molecular complexity index is 1380. The number of amides is 2. The first-order valence-electron chi connectivity index (χ1n) is 10.6. The van der Waals surface area contributed by atoms with Gasteiger partial charge >= 0.3 is 0 Å². The first-order valence-corrected chi connectivity index (χ1v) is 11.0. The summed E-state index contributed by atoms with van der Waals surface area (Å²) in [6, 6.07) is 13.9. The Morgan fingerprint density at radius 1 is 0.941 bits per heavy atom. The highest BCUT2D eigenvalue weighted by Gasteiger charge is 2.35. The normalized spacial score (nSPS) is 15.1. The number of thiocarbonyl (C=S) groups is 1. The average molecular weight is 473 g/mol. The van der Waals surface area contributed by atoms with E-state index in [9.17, 15) is 19.5 Å². The number of carboxylic acids is 1. The van der Waals surface area contributed by atoms with E-state index in [0.29, 0.717) is 11.3 Å². The highest BCUT2D eigenvalue weighted by atomic mass is 32.1. The van der Waals surface area contributed by atoms with Crippen LogP contribution in [0, 0.1) is 27.7 Å². The molecule has 8 heteroatoms. The van der Waals surface area contributed by atoms with E-state index in [-0.39, 0.29) is 16.2 Å². The van der Waals surface area contributed by atoms with E-state index in [0.717, 1.165) is 28.2 Å². The van der Waals surface area contributed by atoms with Crippen molar-refractivity contribution in [2.75, 3.05) is 4.90 Å². The molecular weight excluding hydrogens is 450 g/mol. The second kappa shape index (κ2) is 8.72. The molecule has 0 atom stereocenters. The summed E-state index contributed by atoms with van der Waals surface area (Å²) in [5.74, 6) is -2.30. The molecule has 2 aromatic carbocycles. The van der Waals surface area contributed by atoms with E-state index >= 15 is 0 Å². The van der Waals surface area contributed by atoms with Gasteiger partial charge in [-0.3, -0.25) is 19.8 Å². The average Bonchev–Trinajstić information content (AvgIpc) is 3.03. The Labute approximate surface area is 202 Å². The maximum absolute atomic E-state index is 13.4. The third kappa shape index (κ3) is 4.15. The first kappa shape index (κ1) is 23.1. The fraction of sp³-hybridized carbons (Fsp3) is 0.154. The van der Waals surface area contributed by atoms with Crippen molar-refractivity contribution in [3.05, 3.63) is 87.7 Å². The SMILES string of the molecule is Cc1cc(C)cc(N2C(=O)/C(=C\c3cc(C)n(-c4ccc(C(=O)[O-])cc4)c3C)C(=O)NC2=S)c1. The Kier molecular flexibility index (Phi) is 5.93. The Morgan fingerprint density at radius 2 is 1.56 bits per heavy atom. The summed E-state index contributed by atoms with van der Waals surface area (Å²) in [4.78, 5) is 38.5. The van der Waals surface area contributed by atoms with Gasteiger partial charge in [-0.25, -0.2) is 0 Å². The van der Waals surface area contributed by atoms with Gasteiger partial charge in [0, 0.05) is 17.1 Å². The summed E-state index contributed by atoms with van der Waals surface area (Å²) in [6.07, 6.45) is 1.56. The maximum atomic E-state index is 13.4. The van der Waals surface area contributed by atoms with Gasteiger partial charge < -0.3 is 14.5 Å². The zero-order chi connectivity index (χ0) is 24.7. The molecule has 0 unspecified atom stereocenters. The van der Waals surface area contributed by atoms with Gasteiger partial charge in [0.05, 0.1) is 11.7 Å². The van der Waals surface area contributed by atoms with Crippen molar-refractivity contribution in [1.82, 2.24) is 9.88 Å². The van der Waals surface area contributed by atoms with Gasteiger partial charge in [-0.05, 0) is 98.6 Å². The van der Waals surface area contributed by atoms with Crippen molar-refractivity contribution >= 4 is 46.9 Å². The molecule has 34 heavy (non-hydrogen) atoms. The molecule has 0 saturated carbocycles. The Morgan fingerprint density at radius 3 is 2.15 bits per heavy atom. The van der Waals surface area contributed by atoms with Crippen LogP contribution in [0.4, 0.5) is 5.69 Å². The molecule has 1 aromatic heterocycles. The van der Waals surface area contributed by atoms with Gasteiger partial charge in [0.1, 0.15) is 5.57 Å². The summed E-state index contributed by atoms with van der Waals surface area (Å²) in [5, 5.41) is 13.7. The van der Waals surface area contributed by atoms with Crippen LogP contribution >= 0.6 is 12.2 Å². The largest absolute Gasteiger partial charge is 0.545 e. The lowest BCUT2D eigenvalue weighted by molar-refractivity contribution is -0.255. The number of aromatic nitrogens is 1. The lowest BCUT2D eigenvalue weighted by Crippen LogP contribution is -2.54. The quantitative estimate of drug-likeness (QED) is 0.358. The van der Waals surface area contributed by atoms with Crippen molar-refractivity contribution in [2.24, 2.45) is 0 Å². The minimum absolute atomic E-state index is 0.0275. The summed E-state index contributed by atoms with van der Waals surface area (Å²) in [7, 11) is 0. The topological polar surface area (TPSA) is 94.5 Å². The predicted octanol–water partition coefficient (Wildman–Crippen LogP) is 2.91. The van der Waals surface area contributed by atoms with Gasteiger partial charge in [0.25, 0.3) is 11.8 Å². The molecule has 172 valence electrons. The number of nitrogens with one attached hydrogen (secondary N) is 1. The van der Waals surface area contributed by atoms with Crippen molar-refractivity contribution < 1.29 is 19.5 Å². The smallest absolute Gasteiger partial charge is 0.270 e. The van der Waals surface area contributed by atoms with Crippen LogP contribution < -0.4 is 15.3 Å². The number of carboxylic acid groups (broad SMARTS) is 1. The molecule has 1 N–H and O–H groups in total. The van der Waals surface area contributed by atoms with Crippen LogP contribution in [0.5, 0.6) is 0 Å². The molecule has 4 rings (SSSR count). The predicted molar refractivity (Wildman–Crippen MR) is 132 cm³/mol. The minimum Gasteiger partial charge on any atom is -0.545 e. The zero-order valence-corrected chi connectivity index (χ0v) is 19.9. The van der Waals surface area contributed by atoms with Crippen molar-refractivity contribution in [1.29, 1.82) is 0 Å². The molecule has 1 fully saturated rings. The highest BCUT2D eigenvalue weighted by molar-refractivity contribution is 7.80. The van der Waals surface area contributed by atoms with Gasteiger partial charge in [-0.1, -0.05) is 18.2 Å². The van der Waals surface area contributed by atoms with Crippen LogP contribution in [0.15, 0.2) is 54.1 Å². The number of hydrogen-bond donors (Lipinski definition) is 1. The molecule has 3 aromatic rings. The molecule has 1 aliphatic rings. The lowest BCUT2D eigenvalue weighted by atomic mass is 10.1. The van der Waals surface area contributed by atoms with Crippen LogP contribution in [0.1, 0.15) is 38.4 Å². The number of carbonyl (C=O) groups excluding carboxylic acids is 3. The van der Waals surface area contributed by atoms with Crippen LogP contribution in [0.25, 0.3) is 11.8 Å². The number of nitrogens with zero attached hydrogens (tertiary/aromatic N) is 2. The van der Waals surface area contributed by atoms with Gasteiger partial charge in [-0.15, -0.1) is 0 Å². The Balaban J connectivity index is 1.75. The Hall–Kier alpha value is -4.04. The van der Waals surface area contributed by atoms with E-state index in [1.54, 1.807) is 18.2 Å². The zero-order valence-electron chi connectivity index (χ0n) is 19.1. The second-order valence-corrected chi connectivity index (χ2v) is 8.69. The third-order valence-corrected chi connectivity index (χ3v) is 5.98. The number of anilines is 1. The van der Waals surface area contributed by atoms with Crippen molar-refractivity contribution in [3.8, 4) is 5.69 Å². The lowest BCUT2D eigenvalue weighted by Gasteiger charge is -2.29. The van der Waals surface area contributed by atoms with E-state index in [1.807, 2.05) is 56.5 Å². The molecule has 0 bridgehead atoms. The number of rotatable bonds is 4. The summed E-state index contributed by atoms with van der Waals surface area (Å²) >= 11 is 5.31. The number of carbonyl (C=O) groups is 3. The van der Waals surface area contributed by atoms with Gasteiger partial charge in [0.15, 0.2) is 5.11 Å². The summed E-state index contributed by atoms with van der Waals surface area (Å²) in [6.45, 7) is 7.61. The summed E-state index contributed by atoms with van der Waals surface area (Å²) in [5.41, 5.74) is 5.68. The van der Waals surface area contributed by atoms with Crippen LogP contribution in [-0.4, -0.2) is 27.5 Å². The fourth-order valence-corrected chi connectivity index (χ4v) is 4.49. The molecule has 0 spiro atoms. The van der Waals surface area contributed by atoms with Crippen LogP contribution in [-0.2, 0) is 9.59 Å². The van der Waals surface area contributed by atoms with E-state index in [1.165, 1.54) is 17.0 Å². The van der Waals surface area contributed by atoms with Gasteiger partial charge in [0.2, 0.25) is 0 Å². The van der Waals surface area contributed by atoms with E-state index in [2.05, 4.69) is 5.32 Å². The highest BCUT2D eigenvalue weighted by Crippen LogP contribution is 2.27. The number of aryl methyl sites for hydroxylation is 3.